The molecule has 2 fully saturated rings. The summed E-state index contributed by atoms with van der Waals surface area (Å²) in [4.78, 5) is 4.11. The van der Waals surface area contributed by atoms with Crippen LogP contribution in [-0.4, -0.2) is 12.3 Å². The van der Waals surface area contributed by atoms with Gasteiger partial charge in [0.05, 0.1) is 12.3 Å². The van der Waals surface area contributed by atoms with E-state index in [1.165, 1.54) is 95.5 Å². The number of isothiocyanates is 1. The van der Waals surface area contributed by atoms with E-state index in [9.17, 15) is 0 Å². The Morgan fingerprint density at radius 3 is 2.23 bits per heavy atom. The topological polar surface area (TPSA) is 21.6 Å². The summed E-state index contributed by atoms with van der Waals surface area (Å²) in [5.41, 5.74) is 2.19. The van der Waals surface area contributed by atoms with Crippen molar-refractivity contribution in [3.05, 3.63) is 23.8 Å². The standard InChI is InChI=1S/C27H41NOS/c1-3-4-5-6-7-8-21-9-11-22(12-10-21)23-13-15-24(16-14-23)25-17-18-26(28-20-30)27(19-25)29-2/h17-19,21-24H,3-16H2,1-2H3/t21-,22-,23-,24-. The van der Waals surface area contributed by atoms with Gasteiger partial charge in [0, 0.05) is 0 Å². The van der Waals surface area contributed by atoms with E-state index >= 15 is 0 Å². The molecular formula is C27H41NOS. The molecule has 0 heterocycles. The minimum Gasteiger partial charge on any atom is -0.494 e. The fraction of sp³-hybridized carbons (Fsp3) is 0.741. The van der Waals surface area contributed by atoms with Gasteiger partial charge in [0.1, 0.15) is 11.4 Å². The molecule has 2 aliphatic carbocycles. The van der Waals surface area contributed by atoms with Crippen molar-refractivity contribution in [2.75, 3.05) is 7.11 Å². The summed E-state index contributed by atoms with van der Waals surface area (Å²) in [7, 11) is 1.71. The highest BCUT2D eigenvalue weighted by Crippen LogP contribution is 2.45. The van der Waals surface area contributed by atoms with Gasteiger partial charge in [0.25, 0.3) is 0 Å². The number of hydrogen-bond donors (Lipinski definition) is 0. The first kappa shape index (κ1) is 23.5. The highest BCUT2D eigenvalue weighted by atomic mass is 32.1. The first-order valence-electron chi connectivity index (χ1n) is 12.5. The highest BCUT2D eigenvalue weighted by molar-refractivity contribution is 7.78. The van der Waals surface area contributed by atoms with Crippen molar-refractivity contribution in [2.24, 2.45) is 22.7 Å². The van der Waals surface area contributed by atoms with Gasteiger partial charge in [-0.1, -0.05) is 64.4 Å². The average molecular weight is 428 g/mol. The van der Waals surface area contributed by atoms with Crippen molar-refractivity contribution in [3.8, 4) is 5.75 Å². The Morgan fingerprint density at radius 2 is 1.60 bits per heavy atom. The summed E-state index contributed by atoms with van der Waals surface area (Å²) < 4.78 is 5.52. The number of rotatable bonds is 10. The lowest BCUT2D eigenvalue weighted by atomic mass is 9.68. The number of methoxy groups -OCH3 is 1. The molecule has 0 spiro atoms. The van der Waals surface area contributed by atoms with Gasteiger partial charge >= 0.3 is 0 Å². The van der Waals surface area contributed by atoms with Crippen LogP contribution in [0.15, 0.2) is 23.2 Å². The van der Waals surface area contributed by atoms with Crippen LogP contribution in [0.2, 0.25) is 0 Å². The van der Waals surface area contributed by atoms with E-state index in [2.05, 4.69) is 29.2 Å². The van der Waals surface area contributed by atoms with Crippen LogP contribution in [0.4, 0.5) is 5.69 Å². The van der Waals surface area contributed by atoms with Crippen molar-refractivity contribution in [2.45, 2.75) is 103 Å². The van der Waals surface area contributed by atoms with Gasteiger partial charge in [0.15, 0.2) is 0 Å². The quantitative estimate of drug-likeness (QED) is 0.211. The summed E-state index contributed by atoms with van der Waals surface area (Å²) in [6.45, 7) is 2.30. The van der Waals surface area contributed by atoms with Crippen molar-refractivity contribution < 1.29 is 4.74 Å². The molecule has 3 rings (SSSR count). The van der Waals surface area contributed by atoms with E-state index < -0.39 is 0 Å². The second-order valence-electron chi connectivity index (χ2n) is 9.73. The minimum atomic E-state index is 0.667. The number of thiocarbonyl (C=S) groups is 1. The SMILES string of the molecule is CCCCCCC[C@H]1CC[C@H]([C@H]2CC[C@H](c3ccc(N=C=S)c(OC)c3)CC2)CC1. The molecule has 30 heavy (non-hydrogen) atoms. The third-order valence-corrected chi connectivity index (χ3v) is 7.98. The molecule has 0 unspecified atom stereocenters. The third-order valence-electron chi connectivity index (χ3n) is 7.89. The Labute approximate surface area is 189 Å². The van der Waals surface area contributed by atoms with E-state index in [1.807, 2.05) is 6.07 Å². The van der Waals surface area contributed by atoms with E-state index in [1.54, 1.807) is 7.11 Å². The largest absolute Gasteiger partial charge is 0.494 e. The second kappa shape index (κ2) is 12.6. The van der Waals surface area contributed by atoms with Crippen molar-refractivity contribution in [1.82, 2.24) is 0 Å². The molecule has 0 aliphatic heterocycles. The Morgan fingerprint density at radius 1 is 0.933 bits per heavy atom. The van der Waals surface area contributed by atoms with Crippen LogP contribution in [0.1, 0.15) is 108 Å². The minimum absolute atomic E-state index is 0.667. The molecular weight excluding hydrogens is 386 g/mol. The Balaban J connectivity index is 1.41. The van der Waals surface area contributed by atoms with Gasteiger partial charge in [-0.2, -0.15) is 4.99 Å². The zero-order valence-corrected chi connectivity index (χ0v) is 20.0. The fourth-order valence-electron chi connectivity index (χ4n) is 6.00. The van der Waals surface area contributed by atoms with Gasteiger partial charge in [0.2, 0.25) is 0 Å². The monoisotopic (exact) mass is 427 g/mol. The highest BCUT2D eigenvalue weighted by Gasteiger charge is 2.31. The number of nitrogens with zero attached hydrogens (tertiary/aromatic N) is 1. The molecule has 3 heteroatoms. The summed E-state index contributed by atoms with van der Waals surface area (Å²) in [6, 6.07) is 6.41. The summed E-state index contributed by atoms with van der Waals surface area (Å²) in [5, 5.41) is 2.45. The summed E-state index contributed by atoms with van der Waals surface area (Å²) in [6.07, 6.45) is 20.1. The van der Waals surface area contributed by atoms with Crippen LogP contribution in [-0.2, 0) is 0 Å². The van der Waals surface area contributed by atoms with Gasteiger partial charge in [-0.25, -0.2) is 0 Å². The maximum Gasteiger partial charge on any atom is 0.145 e. The van der Waals surface area contributed by atoms with E-state index in [-0.39, 0.29) is 0 Å². The Kier molecular flexibility index (Phi) is 9.88. The molecule has 0 atom stereocenters. The van der Waals surface area contributed by atoms with Gasteiger partial charge < -0.3 is 4.74 Å². The number of aliphatic imine (C=N–C) groups is 1. The van der Waals surface area contributed by atoms with Crippen LogP contribution < -0.4 is 4.74 Å². The average Bonchev–Trinajstić information content (AvgIpc) is 2.80. The number of ether oxygens (including phenoxy) is 1. The smallest absolute Gasteiger partial charge is 0.145 e. The predicted molar refractivity (Wildman–Crippen MR) is 131 cm³/mol. The summed E-state index contributed by atoms with van der Waals surface area (Å²) >= 11 is 4.75. The normalized spacial score (nSPS) is 26.7. The lowest BCUT2D eigenvalue weighted by Gasteiger charge is -2.38. The fourth-order valence-corrected chi connectivity index (χ4v) is 6.10. The van der Waals surface area contributed by atoms with Gasteiger partial charge in [-0.15, -0.1) is 0 Å². The van der Waals surface area contributed by atoms with Crippen LogP contribution in [0, 0.1) is 17.8 Å². The first-order chi connectivity index (χ1) is 14.7. The second-order valence-corrected chi connectivity index (χ2v) is 9.91. The molecule has 0 amide bonds. The Bertz CT molecular complexity index is 680. The molecule has 2 nitrogen and oxygen atoms in total. The molecule has 0 aromatic heterocycles. The van der Waals surface area contributed by atoms with Crippen LogP contribution in [0.3, 0.4) is 0 Å². The number of hydrogen-bond acceptors (Lipinski definition) is 3. The number of benzene rings is 1. The predicted octanol–water partition coefficient (Wildman–Crippen LogP) is 8.87. The molecule has 0 bridgehead atoms. The molecule has 0 radical (unpaired) electrons. The maximum atomic E-state index is 5.52. The third kappa shape index (κ3) is 6.66. The van der Waals surface area contributed by atoms with Crippen LogP contribution in [0.25, 0.3) is 0 Å². The molecule has 1 aromatic rings. The Hall–Kier alpha value is -1.18. The maximum absolute atomic E-state index is 5.52. The van der Waals surface area contributed by atoms with E-state index in [4.69, 9.17) is 17.0 Å². The van der Waals surface area contributed by atoms with Crippen molar-refractivity contribution in [1.29, 1.82) is 0 Å². The van der Waals surface area contributed by atoms with Crippen molar-refractivity contribution in [3.63, 3.8) is 0 Å². The molecule has 0 N–H and O–H groups in total. The lowest BCUT2D eigenvalue weighted by molar-refractivity contribution is 0.155. The van der Waals surface area contributed by atoms with Crippen molar-refractivity contribution >= 4 is 23.1 Å². The number of unbranched alkanes of at least 4 members (excludes halogenated alkanes) is 4. The molecule has 2 aliphatic rings. The zero-order chi connectivity index (χ0) is 21.2. The zero-order valence-electron chi connectivity index (χ0n) is 19.2. The summed E-state index contributed by atoms with van der Waals surface area (Å²) in [5.74, 6) is 4.48. The molecule has 166 valence electrons. The first-order valence-corrected chi connectivity index (χ1v) is 12.9. The molecule has 1 aromatic carbocycles. The van der Waals surface area contributed by atoms with Crippen LogP contribution in [0.5, 0.6) is 5.75 Å². The van der Waals surface area contributed by atoms with E-state index in [0.717, 1.165) is 29.2 Å². The molecule has 0 saturated heterocycles. The van der Waals surface area contributed by atoms with Gasteiger partial charge in [-0.3, -0.25) is 0 Å². The lowest BCUT2D eigenvalue weighted by Crippen LogP contribution is -2.25. The van der Waals surface area contributed by atoms with Gasteiger partial charge in [-0.05, 0) is 92.1 Å². The molecule has 2 saturated carbocycles. The van der Waals surface area contributed by atoms with Crippen LogP contribution >= 0.6 is 12.2 Å². The van der Waals surface area contributed by atoms with E-state index in [0.29, 0.717) is 5.92 Å².